The van der Waals surface area contributed by atoms with Crippen molar-refractivity contribution in [1.29, 1.82) is 0 Å². The van der Waals surface area contributed by atoms with Gasteiger partial charge in [0.15, 0.2) is 0 Å². The van der Waals surface area contributed by atoms with E-state index in [1.807, 2.05) is 25.1 Å². The van der Waals surface area contributed by atoms with E-state index in [9.17, 15) is 4.79 Å². The van der Waals surface area contributed by atoms with E-state index in [0.717, 1.165) is 22.4 Å². The Morgan fingerprint density at radius 2 is 1.87 bits per heavy atom. The molecule has 0 bridgehead atoms. The van der Waals surface area contributed by atoms with E-state index in [1.54, 1.807) is 34.9 Å². The van der Waals surface area contributed by atoms with Crippen LogP contribution in [0.15, 0.2) is 48.7 Å². The summed E-state index contributed by atoms with van der Waals surface area (Å²) in [4.78, 5) is 21.7. The maximum absolute atomic E-state index is 12.8. The van der Waals surface area contributed by atoms with Crippen LogP contribution in [0.25, 0.3) is 17.0 Å². The zero-order valence-electron chi connectivity index (χ0n) is 16.5. The van der Waals surface area contributed by atoms with Crippen LogP contribution < -0.4 is 11.1 Å². The highest BCUT2D eigenvalue weighted by Gasteiger charge is 2.20. The fourth-order valence-corrected chi connectivity index (χ4v) is 4.11. The van der Waals surface area contributed by atoms with Crippen molar-refractivity contribution < 1.29 is 4.79 Å². The molecule has 0 aliphatic heterocycles. The zero-order chi connectivity index (χ0) is 22.1. The van der Waals surface area contributed by atoms with Crippen molar-refractivity contribution in [1.82, 2.24) is 19.7 Å². The Kier molecular flexibility index (Phi) is 6.16. The van der Waals surface area contributed by atoms with Gasteiger partial charge in [0, 0.05) is 46.2 Å². The van der Waals surface area contributed by atoms with Crippen LogP contribution in [0.3, 0.4) is 0 Å². The Morgan fingerprint density at radius 3 is 2.58 bits per heavy atom. The summed E-state index contributed by atoms with van der Waals surface area (Å²) in [6.07, 6.45) is 1.63. The molecule has 0 fully saturated rings. The molecular formula is C22H18Cl3N5O. The third kappa shape index (κ3) is 4.38. The molecule has 0 radical (unpaired) electrons. The highest BCUT2D eigenvalue weighted by Crippen LogP contribution is 2.34. The first kappa shape index (κ1) is 21.6. The maximum Gasteiger partial charge on any atom is 0.271 e. The van der Waals surface area contributed by atoms with Gasteiger partial charge in [-0.05, 0) is 42.8 Å². The predicted octanol–water partition coefficient (Wildman–Crippen LogP) is 5.05. The molecule has 9 heteroatoms. The number of carbonyl (C=O) groups excluding carboxylic acids is 1. The molecule has 0 spiro atoms. The van der Waals surface area contributed by atoms with E-state index in [2.05, 4.69) is 15.3 Å². The fourth-order valence-electron chi connectivity index (χ4n) is 3.40. The number of halogens is 3. The highest BCUT2D eigenvalue weighted by atomic mass is 35.5. The van der Waals surface area contributed by atoms with E-state index in [4.69, 9.17) is 40.5 Å². The van der Waals surface area contributed by atoms with Gasteiger partial charge in [0.05, 0.1) is 10.7 Å². The van der Waals surface area contributed by atoms with Gasteiger partial charge in [0.25, 0.3) is 5.91 Å². The second-order valence-electron chi connectivity index (χ2n) is 6.96. The summed E-state index contributed by atoms with van der Waals surface area (Å²) in [6, 6.07) is 12.5. The first-order valence-corrected chi connectivity index (χ1v) is 10.6. The monoisotopic (exact) mass is 473 g/mol. The Morgan fingerprint density at radius 1 is 1.10 bits per heavy atom. The summed E-state index contributed by atoms with van der Waals surface area (Å²) >= 11 is 18.5. The minimum atomic E-state index is -0.328. The summed E-state index contributed by atoms with van der Waals surface area (Å²) in [5, 5.41) is 4.46. The third-order valence-electron chi connectivity index (χ3n) is 4.88. The highest BCUT2D eigenvalue weighted by molar-refractivity contribution is 6.36. The predicted molar refractivity (Wildman–Crippen MR) is 124 cm³/mol. The smallest absolute Gasteiger partial charge is 0.271 e. The second kappa shape index (κ2) is 8.85. The molecule has 0 saturated heterocycles. The first-order valence-electron chi connectivity index (χ1n) is 9.44. The average molecular weight is 475 g/mol. The lowest BCUT2D eigenvalue weighted by Crippen LogP contribution is -2.23. The molecule has 31 heavy (non-hydrogen) atoms. The van der Waals surface area contributed by atoms with Crippen LogP contribution in [0.1, 0.15) is 27.3 Å². The normalized spacial score (nSPS) is 11.1. The maximum atomic E-state index is 12.8. The summed E-state index contributed by atoms with van der Waals surface area (Å²) in [5.74, 6) is 0.0502. The zero-order valence-corrected chi connectivity index (χ0v) is 18.8. The van der Waals surface area contributed by atoms with Crippen LogP contribution in [-0.2, 0) is 13.1 Å². The number of aryl methyl sites for hydroxylation is 1. The SMILES string of the molecule is Cc1nc2nc(C(=O)NCc3cccc(Cl)c3)cn2c(-c2ccc(Cl)cc2Cl)c1CN. The quantitative estimate of drug-likeness (QED) is 0.424. The van der Waals surface area contributed by atoms with Gasteiger partial charge in [0.1, 0.15) is 5.69 Å². The van der Waals surface area contributed by atoms with Crippen molar-refractivity contribution in [2.24, 2.45) is 5.73 Å². The molecule has 0 atom stereocenters. The Bertz CT molecular complexity index is 1300. The number of rotatable bonds is 5. The van der Waals surface area contributed by atoms with Crippen molar-refractivity contribution in [3.63, 3.8) is 0 Å². The Balaban J connectivity index is 1.75. The van der Waals surface area contributed by atoms with Crippen molar-refractivity contribution in [3.05, 3.63) is 86.2 Å². The number of imidazole rings is 1. The van der Waals surface area contributed by atoms with Crippen LogP contribution >= 0.6 is 34.8 Å². The van der Waals surface area contributed by atoms with Crippen LogP contribution in [0, 0.1) is 6.92 Å². The summed E-state index contributed by atoms with van der Waals surface area (Å²) in [5.41, 5.74) is 10.1. The minimum Gasteiger partial charge on any atom is -0.347 e. The van der Waals surface area contributed by atoms with Crippen molar-refractivity contribution in [2.45, 2.75) is 20.0 Å². The standard InChI is InChI=1S/C22H18Cl3N5O/c1-12-17(9-26)20(16-6-5-15(24)8-18(16)25)30-11-19(29-22(30)28-12)21(31)27-10-13-3-2-4-14(23)7-13/h2-8,11H,9-10,26H2,1H3,(H,27,31). The Hall–Kier alpha value is -2.64. The molecule has 2 heterocycles. The summed E-state index contributed by atoms with van der Waals surface area (Å²) in [6.45, 7) is 2.42. The summed E-state index contributed by atoms with van der Waals surface area (Å²) < 4.78 is 1.73. The molecule has 2 aromatic heterocycles. The van der Waals surface area contributed by atoms with Gasteiger partial charge in [-0.1, -0.05) is 46.9 Å². The molecule has 0 aliphatic rings. The van der Waals surface area contributed by atoms with Crippen LogP contribution in [-0.4, -0.2) is 20.3 Å². The van der Waals surface area contributed by atoms with Crippen molar-refractivity contribution >= 4 is 46.5 Å². The number of amides is 1. The number of benzene rings is 2. The lowest BCUT2D eigenvalue weighted by atomic mass is 10.0. The number of carbonyl (C=O) groups is 1. The van der Waals surface area contributed by atoms with Gasteiger partial charge in [-0.2, -0.15) is 0 Å². The second-order valence-corrected chi connectivity index (χ2v) is 8.24. The van der Waals surface area contributed by atoms with E-state index >= 15 is 0 Å². The number of nitrogens with one attached hydrogen (secondary N) is 1. The van der Waals surface area contributed by atoms with Gasteiger partial charge >= 0.3 is 0 Å². The van der Waals surface area contributed by atoms with Gasteiger partial charge in [-0.25, -0.2) is 9.97 Å². The van der Waals surface area contributed by atoms with Crippen LogP contribution in [0.4, 0.5) is 0 Å². The largest absolute Gasteiger partial charge is 0.347 e. The minimum absolute atomic E-state index is 0.231. The molecule has 0 saturated carbocycles. The lowest BCUT2D eigenvalue weighted by Gasteiger charge is -2.14. The molecule has 0 aliphatic carbocycles. The third-order valence-corrected chi connectivity index (χ3v) is 5.67. The number of fused-ring (bicyclic) bond motifs is 1. The molecule has 3 N–H and O–H groups in total. The van der Waals surface area contributed by atoms with E-state index in [1.165, 1.54) is 0 Å². The van der Waals surface area contributed by atoms with E-state index in [0.29, 0.717) is 33.1 Å². The van der Waals surface area contributed by atoms with E-state index in [-0.39, 0.29) is 18.1 Å². The molecule has 0 unspecified atom stereocenters. The number of nitrogens with two attached hydrogens (primary N) is 1. The van der Waals surface area contributed by atoms with Gasteiger partial charge in [0.2, 0.25) is 5.78 Å². The summed E-state index contributed by atoms with van der Waals surface area (Å²) in [7, 11) is 0. The fraction of sp³-hybridized carbons (Fsp3) is 0.136. The van der Waals surface area contributed by atoms with Crippen molar-refractivity contribution in [2.75, 3.05) is 0 Å². The molecule has 6 nitrogen and oxygen atoms in total. The van der Waals surface area contributed by atoms with Gasteiger partial charge < -0.3 is 11.1 Å². The molecule has 4 rings (SSSR count). The van der Waals surface area contributed by atoms with Crippen molar-refractivity contribution in [3.8, 4) is 11.3 Å². The van der Waals surface area contributed by atoms with Crippen LogP contribution in [0.5, 0.6) is 0 Å². The number of hydrogen-bond donors (Lipinski definition) is 2. The lowest BCUT2D eigenvalue weighted by molar-refractivity contribution is 0.0946. The van der Waals surface area contributed by atoms with Gasteiger partial charge in [-0.15, -0.1) is 0 Å². The average Bonchev–Trinajstić information content (AvgIpc) is 3.15. The van der Waals surface area contributed by atoms with Crippen LogP contribution in [0.2, 0.25) is 15.1 Å². The molecule has 4 aromatic rings. The van der Waals surface area contributed by atoms with E-state index < -0.39 is 0 Å². The molecular weight excluding hydrogens is 457 g/mol. The first-order chi connectivity index (χ1) is 14.9. The van der Waals surface area contributed by atoms with Gasteiger partial charge in [-0.3, -0.25) is 9.20 Å². The topological polar surface area (TPSA) is 85.3 Å². The molecule has 1 amide bonds. The Labute approximate surface area is 194 Å². The number of nitrogens with zero attached hydrogens (tertiary/aromatic N) is 3. The number of aromatic nitrogens is 3. The molecule has 2 aromatic carbocycles. The number of hydrogen-bond acceptors (Lipinski definition) is 4. The molecule has 158 valence electrons.